The molecule has 6 nitrogen and oxygen atoms in total. The van der Waals surface area contributed by atoms with E-state index in [0.717, 1.165) is 18.2 Å². The number of sulfonamides is 1. The smallest absolute Gasteiger partial charge is 0.243 e. The molecule has 1 heterocycles. The average molecular weight is 410 g/mol. The van der Waals surface area contributed by atoms with Crippen LogP contribution in [0.2, 0.25) is 0 Å². The van der Waals surface area contributed by atoms with Crippen LogP contribution in [-0.4, -0.2) is 38.8 Å². The lowest BCUT2D eigenvalue weighted by Gasteiger charge is -2.30. The Morgan fingerprint density at radius 3 is 2.36 bits per heavy atom. The van der Waals surface area contributed by atoms with Gasteiger partial charge in [0.1, 0.15) is 17.4 Å². The summed E-state index contributed by atoms with van der Waals surface area (Å²) in [5.74, 6) is -1.76. The second-order valence-electron chi connectivity index (χ2n) is 6.47. The maximum atomic E-state index is 13.7. The SMILES string of the molecule is COc1ccc(S(=O)(=O)N2CCC(C(=O)Nc3cc(F)ccc3F)CC2)cc1. The van der Waals surface area contributed by atoms with Gasteiger partial charge in [-0.3, -0.25) is 4.79 Å². The Morgan fingerprint density at radius 1 is 1.11 bits per heavy atom. The Labute approximate surface area is 162 Å². The van der Waals surface area contributed by atoms with Crippen LogP contribution < -0.4 is 10.1 Å². The molecular formula is C19H20F2N2O4S. The summed E-state index contributed by atoms with van der Waals surface area (Å²) in [5, 5.41) is 2.38. The lowest BCUT2D eigenvalue weighted by atomic mass is 9.97. The van der Waals surface area contributed by atoms with E-state index in [4.69, 9.17) is 4.74 Å². The Balaban J connectivity index is 1.63. The molecule has 9 heteroatoms. The number of nitrogens with zero attached hydrogens (tertiary/aromatic N) is 1. The molecule has 0 bridgehead atoms. The van der Waals surface area contributed by atoms with E-state index in [-0.39, 0.29) is 36.5 Å². The summed E-state index contributed by atoms with van der Waals surface area (Å²) in [6, 6.07) is 8.90. The van der Waals surface area contributed by atoms with E-state index in [0.29, 0.717) is 5.75 Å². The normalized spacial score (nSPS) is 16.0. The third-order valence-corrected chi connectivity index (χ3v) is 6.62. The van der Waals surface area contributed by atoms with Gasteiger partial charge in [0.05, 0.1) is 17.7 Å². The minimum absolute atomic E-state index is 0.151. The molecule has 0 aliphatic carbocycles. The maximum Gasteiger partial charge on any atom is 0.243 e. The predicted molar refractivity (Wildman–Crippen MR) is 99.5 cm³/mol. The first-order valence-electron chi connectivity index (χ1n) is 8.71. The van der Waals surface area contributed by atoms with Crippen LogP contribution in [0.15, 0.2) is 47.4 Å². The zero-order valence-corrected chi connectivity index (χ0v) is 16.0. The lowest BCUT2D eigenvalue weighted by molar-refractivity contribution is -0.120. The summed E-state index contributed by atoms with van der Waals surface area (Å²) >= 11 is 0. The number of piperidine rings is 1. The Bertz CT molecular complexity index is 956. The van der Waals surface area contributed by atoms with Gasteiger partial charge in [0.25, 0.3) is 0 Å². The van der Waals surface area contributed by atoms with Crippen molar-refractivity contribution in [1.29, 1.82) is 0 Å². The highest BCUT2D eigenvalue weighted by Crippen LogP contribution is 2.26. The molecular weight excluding hydrogens is 390 g/mol. The molecule has 3 rings (SSSR count). The minimum atomic E-state index is -3.67. The molecule has 1 aliphatic heterocycles. The average Bonchev–Trinajstić information content (AvgIpc) is 2.71. The van der Waals surface area contributed by atoms with Crippen LogP contribution in [0.1, 0.15) is 12.8 Å². The van der Waals surface area contributed by atoms with Crippen molar-refractivity contribution in [1.82, 2.24) is 4.31 Å². The van der Waals surface area contributed by atoms with Gasteiger partial charge in [-0.1, -0.05) is 0 Å². The number of halogens is 2. The van der Waals surface area contributed by atoms with E-state index in [9.17, 15) is 22.0 Å². The van der Waals surface area contributed by atoms with Gasteiger partial charge in [0, 0.05) is 25.1 Å². The lowest BCUT2D eigenvalue weighted by Crippen LogP contribution is -2.41. The van der Waals surface area contributed by atoms with Crippen LogP contribution in [-0.2, 0) is 14.8 Å². The summed E-state index contributed by atoms with van der Waals surface area (Å²) in [4.78, 5) is 12.5. The molecule has 28 heavy (non-hydrogen) atoms. The molecule has 2 aromatic carbocycles. The van der Waals surface area contributed by atoms with Crippen molar-refractivity contribution < 1.29 is 26.7 Å². The molecule has 0 saturated carbocycles. The van der Waals surface area contributed by atoms with Gasteiger partial charge in [0.15, 0.2) is 0 Å². The number of carbonyl (C=O) groups is 1. The molecule has 2 aromatic rings. The highest BCUT2D eigenvalue weighted by atomic mass is 32.2. The number of methoxy groups -OCH3 is 1. The first kappa shape index (κ1) is 20.2. The molecule has 0 radical (unpaired) electrons. The molecule has 0 unspecified atom stereocenters. The third kappa shape index (κ3) is 4.31. The van der Waals surface area contributed by atoms with Crippen molar-refractivity contribution in [3.8, 4) is 5.75 Å². The molecule has 0 atom stereocenters. The van der Waals surface area contributed by atoms with Crippen molar-refractivity contribution in [3.63, 3.8) is 0 Å². The zero-order chi connectivity index (χ0) is 20.3. The molecule has 1 fully saturated rings. The monoisotopic (exact) mass is 410 g/mol. The Kier molecular flexibility index (Phi) is 5.95. The topological polar surface area (TPSA) is 75.7 Å². The third-order valence-electron chi connectivity index (χ3n) is 4.71. The second-order valence-corrected chi connectivity index (χ2v) is 8.41. The molecule has 0 spiro atoms. The van der Waals surface area contributed by atoms with Gasteiger partial charge < -0.3 is 10.1 Å². The van der Waals surface area contributed by atoms with Crippen LogP contribution in [0.25, 0.3) is 0 Å². The van der Waals surface area contributed by atoms with Crippen molar-refractivity contribution >= 4 is 21.6 Å². The summed E-state index contributed by atoms with van der Waals surface area (Å²) in [7, 11) is -2.18. The van der Waals surface area contributed by atoms with E-state index in [1.165, 1.54) is 23.5 Å². The molecule has 1 amide bonds. The van der Waals surface area contributed by atoms with Gasteiger partial charge in [-0.2, -0.15) is 4.31 Å². The summed E-state index contributed by atoms with van der Waals surface area (Å²) < 4.78 is 58.7. The number of hydrogen-bond donors (Lipinski definition) is 1. The first-order chi connectivity index (χ1) is 13.3. The second kappa shape index (κ2) is 8.24. The number of anilines is 1. The van der Waals surface area contributed by atoms with E-state index in [1.54, 1.807) is 12.1 Å². The molecule has 1 saturated heterocycles. The Morgan fingerprint density at radius 2 is 1.75 bits per heavy atom. The van der Waals surface area contributed by atoms with Crippen LogP contribution in [0.4, 0.5) is 14.5 Å². The first-order valence-corrected chi connectivity index (χ1v) is 10.2. The Hall–Kier alpha value is -2.52. The summed E-state index contributed by atoms with van der Waals surface area (Å²) in [5.41, 5.74) is -0.224. The predicted octanol–water partition coefficient (Wildman–Crippen LogP) is 3.01. The van der Waals surface area contributed by atoms with Crippen molar-refractivity contribution in [3.05, 3.63) is 54.1 Å². The van der Waals surface area contributed by atoms with E-state index in [1.807, 2.05) is 0 Å². The van der Waals surface area contributed by atoms with Crippen molar-refractivity contribution in [2.75, 3.05) is 25.5 Å². The fourth-order valence-electron chi connectivity index (χ4n) is 3.08. The van der Waals surface area contributed by atoms with E-state index < -0.39 is 33.5 Å². The van der Waals surface area contributed by atoms with Gasteiger partial charge in [-0.25, -0.2) is 17.2 Å². The van der Waals surface area contributed by atoms with Gasteiger partial charge in [-0.15, -0.1) is 0 Å². The minimum Gasteiger partial charge on any atom is -0.497 e. The standard InChI is InChI=1S/C19H20F2N2O4S/c1-27-15-3-5-16(6-4-15)28(25,26)23-10-8-13(9-11-23)19(24)22-18-12-14(20)2-7-17(18)21/h2-7,12-13H,8-11H2,1H3,(H,22,24). The van der Waals surface area contributed by atoms with Gasteiger partial charge in [0.2, 0.25) is 15.9 Å². The molecule has 0 aromatic heterocycles. The van der Waals surface area contributed by atoms with Gasteiger partial charge >= 0.3 is 0 Å². The van der Waals surface area contributed by atoms with Crippen LogP contribution in [0, 0.1) is 17.6 Å². The number of ether oxygens (including phenoxy) is 1. The van der Waals surface area contributed by atoms with Crippen molar-refractivity contribution in [2.45, 2.75) is 17.7 Å². The van der Waals surface area contributed by atoms with Crippen LogP contribution >= 0.6 is 0 Å². The molecule has 150 valence electrons. The molecule has 1 aliphatic rings. The number of amides is 1. The number of benzene rings is 2. The maximum absolute atomic E-state index is 13.7. The quantitative estimate of drug-likeness (QED) is 0.822. The van der Waals surface area contributed by atoms with Gasteiger partial charge in [-0.05, 0) is 49.2 Å². The van der Waals surface area contributed by atoms with Crippen LogP contribution in [0.5, 0.6) is 5.75 Å². The molecule has 1 N–H and O–H groups in total. The number of rotatable bonds is 5. The van der Waals surface area contributed by atoms with Crippen LogP contribution in [0.3, 0.4) is 0 Å². The summed E-state index contributed by atoms with van der Waals surface area (Å²) in [6.45, 7) is 0.330. The number of hydrogen-bond acceptors (Lipinski definition) is 4. The van der Waals surface area contributed by atoms with Crippen molar-refractivity contribution in [2.24, 2.45) is 5.92 Å². The fourth-order valence-corrected chi connectivity index (χ4v) is 4.55. The van der Waals surface area contributed by atoms with E-state index >= 15 is 0 Å². The highest BCUT2D eigenvalue weighted by Gasteiger charge is 2.32. The highest BCUT2D eigenvalue weighted by molar-refractivity contribution is 7.89. The number of nitrogens with one attached hydrogen (secondary N) is 1. The van der Waals surface area contributed by atoms with E-state index in [2.05, 4.69) is 5.32 Å². The largest absolute Gasteiger partial charge is 0.497 e. The number of carbonyl (C=O) groups excluding carboxylic acids is 1. The fraction of sp³-hybridized carbons (Fsp3) is 0.316. The zero-order valence-electron chi connectivity index (χ0n) is 15.2. The summed E-state index contributed by atoms with van der Waals surface area (Å²) in [6.07, 6.45) is 0.580.